The number of carbonyl (C=O) groups excluding carboxylic acids is 2. The molecule has 33 heavy (non-hydrogen) atoms. The standard InChI is InChI=1S/C19H20N4O9S/c1-20-14-4-3-13(9-15(14)23(26)27)33(28,29)21-10-19(25)32-11-18(24)22-12-2-5-16-17(8-12)31-7-6-30-16/h2-5,8-9,20-21H,6-7,10-11H2,1H3,(H,22,24). The molecule has 0 atom stereocenters. The Morgan fingerprint density at radius 1 is 1.12 bits per heavy atom. The topological polar surface area (TPSA) is 175 Å². The first-order valence-corrected chi connectivity index (χ1v) is 11.0. The van der Waals surface area contributed by atoms with Crippen molar-refractivity contribution in [3.8, 4) is 11.5 Å². The first-order valence-electron chi connectivity index (χ1n) is 9.50. The molecule has 2 aromatic carbocycles. The fourth-order valence-corrected chi connectivity index (χ4v) is 3.78. The number of nitrogens with zero attached hydrogens (tertiary/aromatic N) is 1. The molecule has 0 saturated carbocycles. The number of amides is 1. The maximum atomic E-state index is 12.3. The number of benzene rings is 2. The summed E-state index contributed by atoms with van der Waals surface area (Å²) in [6, 6.07) is 8.00. The summed E-state index contributed by atoms with van der Waals surface area (Å²) < 4.78 is 42.2. The lowest BCUT2D eigenvalue weighted by atomic mass is 10.2. The van der Waals surface area contributed by atoms with Gasteiger partial charge in [-0.3, -0.25) is 19.7 Å². The van der Waals surface area contributed by atoms with Gasteiger partial charge in [0, 0.05) is 24.9 Å². The lowest BCUT2D eigenvalue weighted by molar-refractivity contribution is -0.384. The molecule has 0 bridgehead atoms. The van der Waals surface area contributed by atoms with Crippen molar-refractivity contribution in [3.63, 3.8) is 0 Å². The molecule has 0 radical (unpaired) electrons. The molecule has 1 aliphatic rings. The van der Waals surface area contributed by atoms with Gasteiger partial charge in [0.25, 0.3) is 11.6 Å². The van der Waals surface area contributed by atoms with Crippen LogP contribution in [-0.2, 0) is 24.3 Å². The highest BCUT2D eigenvalue weighted by Gasteiger charge is 2.22. The number of hydrogen-bond donors (Lipinski definition) is 3. The molecule has 0 aromatic heterocycles. The van der Waals surface area contributed by atoms with E-state index in [1.54, 1.807) is 18.2 Å². The summed E-state index contributed by atoms with van der Waals surface area (Å²) in [5, 5.41) is 16.2. The van der Waals surface area contributed by atoms with Crippen molar-refractivity contribution in [1.82, 2.24) is 4.72 Å². The van der Waals surface area contributed by atoms with Gasteiger partial charge >= 0.3 is 5.97 Å². The van der Waals surface area contributed by atoms with Gasteiger partial charge in [-0.05, 0) is 24.3 Å². The maximum absolute atomic E-state index is 12.3. The molecule has 1 aliphatic heterocycles. The van der Waals surface area contributed by atoms with Crippen molar-refractivity contribution in [3.05, 3.63) is 46.5 Å². The summed E-state index contributed by atoms with van der Waals surface area (Å²) in [6.45, 7) is -0.625. The number of esters is 1. The van der Waals surface area contributed by atoms with E-state index in [1.807, 2.05) is 4.72 Å². The molecule has 1 heterocycles. The molecule has 176 valence electrons. The number of ether oxygens (including phenoxy) is 3. The zero-order valence-electron chi connectivity index (χ0n) is 17.3. The van der Waals surface area contributed by atoms with Crippen LogP contribution in [-0.4, -0.2) is 58.6 Å². The summed E-state index contributed by atoms with van der Waals surface area (Å²) in [4.78, 5) is 33.8. The SMILES string of the molecule is CNc1ccc(S(=O)(=O)NCC(=O)OCC(=O)Nc2ccc3c(c2)OCCO3)cc1[N+](=O)[O-]. The molecule has 1 amide bonds. The number of anilines is 2. The number of fused-ring (bicyclic) bond motifs is 1. The molecule has 0 spiro atoms. The molecule has 0 unspecified atom stereocenters. The quantitative estimate of drug-likeness (QED) is 0.265. The molecular weight excluding hydrogens is 460 g/mol. The molecule has 2 aromatic rings. The van der Waals surface area contributed by atoms with E-state index in [4.69, 9.17) is 14.2 Å². The lowest BCUT2D eigenvalue weighted by Gasteiger charge is -2.19. The number of nitro benzene ring substituents is 1. The minimum Gasteiger partial charge on any atom is -0.486 e. The average molecular weight is 480 g/mol. The van der Waals surface area contributed by atoms with E-state index in [1.165, 1.54) is 13.1 Å². The number of nitro groups is 1. The number of carbonyl (C=O) groups is 2. The lowest BCUT2D eigenvalue weighted by Crippen LogP contribution is -2.32. The molecule has 14 heteroatoms. The van der Waals surface area contributed by atoms with Gasteiger partial charge in [-0.15, -0.1) is 0 Å². The van der Waals surface area contributed by atoms with Crippen LogP contribution in [0.3, 0.4) is 0 Å². The van der Waals surface area contributed by atoms with Crippen molar-refractivity contribution in [1.29, 1.82) is 0 Å². The van der Waals surface area contributed by atoms with Gasteiger partial charge in [-0.1, -0.05) is 0 Å². The Morgan fingerprint density at radius 2 is 1.85 bits per heavy atom. The Hall–Kier alpha value is -3.91. The van der Waals surface area contributed by atoms with Gasteiger partial charge in [0.15, 0.2) is 18.1 Å². The number of hydrogen-bond acceptors (Lipinski definition) is 10. The fraction of sp³-hybridized carbons (Fsp3) is 0.263. The highest BCUT2D eigenvalue weighted by Crippen LogP contribution is 2.32. The van der Waals surface area contributed by atoms with E-state index in [0.29, 0.717) is 30.4 Å². The van der Waals surface area contributed by atoms with Crippen molar-refractivity contribution >= 4 is 39.0 Å². The summed E-state index contributed by atoms with van der Waals surface area (Å²) in [6.07, 6.45) is 0. The summed E-state index contributed by atoms with van der Waals surface area (Å²) >= 11 is 0. The second kappa shape index (κ2) is 10.1. The van der Waals surface area contributed by atoms with Gasteiger partial charge in [0.05, 0.1) is 9.82 Å². The van der Waals surface area contributed by atoms with Gasteiger partial charge in [0.2, 0.25) is 10.0 Å². The van der Waals surface area contributed by atoms with Crippen LogP contribution >= 0.6 is 0 Å². The summed E-state index contributed by atoms with van der Waals surface area (Å²) in [5.74, 6) is -0.657. The third-order valence-corrected chi connectivity index (χ3v) is 5.74. The molecule has 0 fully saturated rings. The number of rotatable bonds is 9. The van der Waals surface area contributed by atoms with Gasteiger partial charge in [-0.25, -0.2) is 8.42 Å². The van der Waals surface area contributed by atoms with Crippen molar-refractivity contribution in [2.24, 2.45) is 0 Å². The van der Waals surface area contributed by atoms with E-state index in [-0.39, 0.29) is 5.69 Å². The first-order chi connectivity index (χ1) is 15.7. The molecule has 3 N–H and O–H groups in total. The van der Waals surface area contributed by atoms with Crippen molar-refractivity contribution in [2.75, 3.05) is 44.0 Å². The second-order valence-corrected chi connectivity index (χ2v) is 8.34. The monoisotopic (exact) mass is 480 g/mol. The van der Waals surface area contributed by atoms with E-state index >= 15 is 0 Å². The van der Waals surface area contributed by atoms with Crippen LogP contribution in [0.2, 0.25) is 0 Å². The van der Waals surface area contributed by atoms with Crippen LogP contribution in [0, 0.1) is 10.1 Å². The van der Waals surface area contributed by atoms with E-state index < -0.39 is 50.6 Å². The third-order valence-electron chi connectivity index (χ3n) is 4.34. The van der Waals surface area contributed by atoms with Crippen LogP contribution in [0.1, 0.15) is 0 Å². The maximum Gasteiger partial charge on any atom is 0.321 e. The first kappa shape index (κ1) is 23.7. The minimum atomic E-state index is -4.24. The number of nitrogens with one attached hydrogen (secondary N) is 3. The molecule has 0 aliphatic carbocycles. The fourth-order valence-electron chi connectivity index (χ4n) is 2.79. The largest absolute Gasteiger partial charge is 0.486 e. The number of sulfonamides is 1. The van der Waals surface area contributed by atoms with Gasteiger partial charge in [-0.2, -0.15) is 4.72 Å². The Balaban J connectivity index is 1.51. The third kappa shape index (κ3) is 6.08. The zero-order chi connectivity index (χ0) is 24.0. The minimum absolute atomic E-state index is 0.127. The second-order valence-electron chi connectivity index (χ2n) is 6.58. The predicted octanol–water partition coefficient (Wildman–Crippen LogP) is 0.868. The summed E-state index contributed by atoms with van der Waals surface area (Å²) in [7, 11) is -2.79. The van der Waals surface area contributed by atoms with Crippen molar-refractivity contribution < 1.29 is 37.1 Å². The predicted molar refractivity (Wildman–Crippen MR) is 115 cm³/mol. The van der Waals surface area contributed by atoms with Crippen LogP contribution in [0.25, 0.3) is 0 Å². The average Bonchev–Trinajstić information content (AvgIpc) is 2.80. The van der Waals surface area contributed by atoms with E-state index in [2.05, 4.69) is 10.6 Å². The smallest absolute Gasteiger partial charge is 0.321 e. The van der Waals surface area contributed by atoms with Crippen LogP contribution < -0.4 is 24.8 Å². The van der Waals surface area contributed by atoms with Crippen LogP contribution in [0.5, 0.6) is 11.5 Å². The zero-order valence-corrected chi connectivity index (χ0v) is 18.1. The Kier molecular flexibility index (Phi) is 7.30. The van der Waals surface area contributed by atoms with E-state index in [0.717, 1.165) is 12.1 Å². The Bertz CT molecular complexity index is 1180. The molecule has 13 nitrogen and oxygen atoms in total. The van der Waals surface area contributed by atoms with Crippen LogP contribution in [0.4, 0.5) is 17.1 Å². The summed E-state index contributed by atoms with van der Waals surface area (Å²) in [5.41, 5.74) is 0.0776. The highest BCUT2D eigenvalue weighted by molar-refractivity contribution is 7.89. The van der Waals surface area contributed by atoms with Gasteiger partial charge in [0.1, 0.15) is 25.4 Å². The molecule has 0 saturated heterocycles. The Labute approximate surface area is 188 Å². The van der Waals surface area contributed by atoms with Crippen molar-refractivity contribution in [2.45, 2.75) is 4.90 Å². The normalized spacial score (nSPS) is 12.5. The molecular formula is C19H20N4O9S. The van der Waals surface area contributed by atoms with Crippen LogP contribution in [0.15, 0.2) is 41.3 Å². The Morgan fingerprint density at radius 3 is 2.55 bits per heavy atom. The molecule has 3 rings (SSSR count). The van der Waals surface area contributed by atoms with E-state index in [9.17, 15) is 28.1 Å². The van der Waals surface area contributed by atoms with Gasteiger partial charge < -0.3 is 24.8 Å². The highest BCUT2D eigenvalue weighted by atomic mass is 32.2.